The molecule has 1 amide bonds. The third kappa shape index (κ3) is 2.44. The zero-order chi connectivity index (χ0) is 15.9. The van der Waals surface area contributed by atoms with Gasteiger partial charge >= 0.3 is 0 Å². The molecule has 3 rings (SSSR count). The minimum Gasteiger partial charge on any atom is -0.390 e. The Hall–Kier alpha value is -2.40. The molecule has 0 radical (unpaired) electrons. The average Bonchev–Trinajstić information content (AvgIpc) is 2.78. The van der Waals surface area contributed by atoms with Gasteiger partial charge in [-0.15, -0.1) is 0 Å². The number of pyridine rings is 1. The standard InChI is InChI=1S/C17H19N3O2/c1-9-7-13(16(18)22)17(19-10(9)2)20-15-12-6-4-3-5-11(12)8-14(15)21/h3-7,14-15,21H,8H2,1-2H3,(H2,18,22)(H,19,20)/t14-,15-/m1/s1. The van der Waals surface area contributed by atoms with Gasteiger partial charge in [-0.3, -0.25) is 4.79 Å². The van der Waals surface area contributed by atoms with Crippen LogP contribution in [0.3, 0.4) is 0 Å². The van der Waals surface area contributed by atoms with Crippen LogP contribution in [0.4, 0.5) is 5.82 Å². The Labute approximate surface area is 129 Å². The third-order valence-corrected chi connectivity index (χ3v) is 4.23. The van der Waals surface area contributed by atoms with Crippen LogP contribution in [0.1, 0.15) is 38.8 Å². The van der Waals surface area contributed by atoms with Crippen LogP contribution < -0.4 is 11.1 Å². The van der Waals surface area contributed by atoms with Crippen molar-refractivity contribution in [3.8, 4) is 0 Å². The van der Waals surface area contributed by atoms with Gasteiger partial charge in [0.25, 0.3) is 5.91 Å². The molecular weight excluding hydrogens is 278 g/mol. The summed E-state index contributed by atoms with van der Waals surface area (Å²) in [5.74, 6) is -0.102. The highest BCUT2D eigenvalue weighted by Gasteiger charge is 2.31. The molecule has 0 fully saturated rings. The maximum Gasteiger partial charge on any atom is 0.252 e. The summed E-state index contributed by atoms with van der Waals surface area (Å²) >= 11 is 0. The molecule has 1 aliphatic carbocycles. The van der Waals surface area contributed by atoms with Crippen molar-refractivity contribution in [3.05, 3.63) is 58.3 Å². The third-order valence-electron chi connectivity index (χ3n) is 4.23. The molecule has 114 valence electrons. The molecule has 0 spiro atoms. The van der Waals surface area contributed by atoms with Gasteiger partial charge in [-0.05, 0) is 36.6 Å². The van der Waals surface area contributed by atoms with Gasteiger partial charge in [0.05, 0.1) is 17.7 Å². The van der Waals surface area contributed by atoms with E-state index in [4.69, 9.17) is 5.73 Å². The number of aliphatic hydroxyl groups excluding tert-OH is 1. The van der Waals surface area contributed by atoms with Gasteiger partial charge in [0.1, 0.15) is 5.82 Å². The molecule has 5 nitrogen and oxygen atoms in total. The lowest BCUT2D eigenvalue weighted by molar-refractivity contribution is 0.1000. The van der Waals surface area contributed by atoms with Crippen LogP contribution in [-0.4, -0.2) is 22.1 Å². The Kier molecular flexibility index (Phi) is 3.58. The summed E-state index contributed by atoms with van der Waals surface area (Å²) in [5, 5.41) is 13.5. The number of rotatable bonds is 3. The van der Waals surface area contributed by atoms with Gasteiger partial charge in [0.2, 0.25) is 0 Å². The van der Waals surface area contributed by atoms with Crippen molar-refractivity contribution in [3.63, 3.8) is 0 Å². The van der Waals surface area contributed by atoms with Crippen molar-refractivity contribution in [2.45, 2.75) is 32.4 Å². The minimum absolute atomic E-state index is 0.288. The van der Waals surface area contributed by atoms with Crippen LogP contribution in [0, 0.1) is 13.8 Å². The number of nitrogens with one attached hydrogen (secondary N) is 1. The zero-order valence-electron chi connectivity index (χ0n) is 12.6. The fraction of sp³-hybridized carbons (Fsp3) is 0.294. The molecule has 0 unspecified atom stereocenters. The monoisotopic (exact) mass is 297 g/mol. The van der Waals surface area contributed by atoms with Crippen LogP contribution in [0.15, 0.2) is 30.3 Å². The second-order valence-electron chi connectivity index (χ2n) is 5.74. The molecule has 0 saturated heterocycles. The van der Waals surface area contributed by atoms with E-state index < -0.39 is 12.0 Å². The first kappa shape index (κ1) is 14.5. The lowest BCUT2D eigenvalue weighted by Gasteiger charge is -2.20. The summed E-state index contributed by atoms with van der Waals surface area (Å²) in [7, 11) is 0. The molecule has 1 aliphatic rings. The smallest absolute Gasteiger partial charge is 0.252 e. The van der Waals surface area contributed by atoms with Crippen molar-refractivity contribution < 1.29 is 9.90 Å². The van der Waals surface area contributed by atoms with E-state index >= 15 is 0 Å². The van der Waals surface area contributed by atoms with Gasteiger partial charge in [-0.25, -0.2) is 4.98 Å². The van der Waals surface area contributed by atoms with Gasteiger partial charge in [0, 0.05) is 12.1 Å². The number of benzene rings is 1. The number of carbonyl (C=O) groups is 1. The maximum absolute atomic E-state index is 11.7. The van der Waals surface area contributed by atoms with Crippen molar-refractivity contribution in [1.29, 1.82) is 0 Å². The Morgan fingerprint density at radius 1 is 1.36 bits per heavy atom. The van der Waals surface area contributed by atoms with Gasteiger partial charge in [0.15, 0.2) is 0 Å². The van der Waals surface area contributed by atoms with E-state index in [2.05, 4.69) is 10.3 Å². The van der Waals surface area contributed by atoms with Crippen LogP contribution >= 0.6 is 0 Å². The van der Waals surface area contributed by atoms with Crippen LogP contribution in [-0.2, 0) is 6.42 Å². The highest BCUT2D eigenvalue weighted by atomic mass is 16.3. The number of primary amides is 1. The van der Waals surface area contributed by atoms with Crippen molar-refractivity contribution in [2.75, 3.05) is 5.32 Å². The van der Waals surface area contributed by atoms with Gasteiger partial charge in [-0.1, -0.05) is 24.3 Å². The van der Waals surface area contributed by atoms with E-state index in [0.717, 1.165) is 22.4 Å². The Bertz CT molecular complexity index is 743. The molecule has 4 N–H and O–H groups in total. The largest absolute Gasteiger partial charge is 0.390 e. The first-order chi connectivity index (χ1) is 10.5. The topological polar surface area (TPSA) is 88.2 Å². The number of carbonyl (C=O) groups excluding carboxylic acids is 1. The quantitative estimate of drug-likeness (QED) is 0.807. The first-order valence-electron chi connectivity index (χ1n) is 7.28. The number of nitrogens with zero attached hydrogens (tertiary/aromatic N) is 1. The summed E-state index contributed by atoms with van der Waals surface area (Å²) in [4.78, 5) is 16.1. The van der Waals surface area contributed by atoms with Crippen molar-refractivity contribution in [1.82, 2.24) is 4.98 Å². The van der Waals surface area contributed by atoms with Gasteiger partial charge < -0.3 is 16.2 Å². The molecule has 22 heavy (non-hydrogen) atoms. The number of hydrogen-bond donors (Lipinski definition) is 3. The summed E-state index contributed by atoms with van der Waals surface area (Å²) < 4.78 is 0. The lowest BCUT2D eigenvalue weighted by Crippen LogP contribution is -2.24. The van der Waals surface area contributed by atoms with Crippen LogP contribution in [0.2, 0.25) is 0 Å². The Morgan fingerprint density at radius 3 is 2.82 bits per heavy atom. The van der Waals surface area contributed by atoms with Gasteiger partial charge in [-0.2, -0.15) is 0 Å². The fourth-order valence-electron chi connectivity index (χ4n) is 2.90. The molecule has 1 heterocycles. The molecule has 2 aromatic rings. The molecule has 0 aliphatic heterocycles. The molecule has 1 aromatic heterocycles. The SMILES string of the molecule is Cc1cc(C(N)=O)c(N[C@@H]2c3ccccc3C[C@H]2O)nc1C. The molecule has 0 saturated carbocycles. The second-order valence-corrected chi connectivity index (χ2v) is 5.74. The van der Waals surface area contributed by atoms with Crippen LogP contribution in [0.25, 0.3) is 0 Å². The Morgan fingerprint density at radius 2 is 2.09 bits per heavy atom. The molecule has 1 aromatic carbocycles. The molecule has 0 bridgehead atoms. The van der Waals surface area contributed by atoms with E-state index in [-0.39, 0.29) is 6.04 Å². The normalized spacial score (nSPS) is 19.8. The number of amides is 1. The van der Waals surface area contributed by atoms with Crippen molar-refractivity contribution >= 4 is 11.7 Å². The summed E-state index contributed by atoms with van der Waals surface area (Å²) in [6.45, 7) is 3.77. The average molecular weight is 297 g/mol. The predicted molar refractivity (Wildman–Crippen MR) is 84.7 cm³/mol. The fourth-order valence-corrected chi connectivity index (χ4v) is 2.90. The van der Waals surface area contributed by atoms with Crippen molar-refractivity contribution in [2.24, 2.45) is 5.73 Å². The van der Waals surface area contributed by atoms with E-state index in [1.807, 2.05) is 38.1 Å². The minimum atomic E-state index is -0.554. The van der Waals surface area contributed by atoms with Crippen LogP contribution in [0.5, 0.6) is 0 Å². The van der Waals surface area contributed by atoms with E-state index in [9.17, 15) is 9.90 Å². The Balaban J connectivity index is 2.00. The number of fused-ring (bicyclic) bond motifs is 1. The summed E-state index contributed by atoms with van der Waals surface area (Å²) in [5.41, 5.74) is 9.68. The summed E-state index contributed by atoms with van der Waals surface area (Å²) in [6.07, 6.45) is 0.0338. The molecular formula is C17H19N3O2. The highest BCUT2D eigenvalue weighted by Crippen LogP contribution is 2.34. The predicted octanol–water partition coefficient (Wildman–Crippen LogP) is 1.87. The molecule has 5 heteroatoms. The summed E-state index contributed by atoms with van der Waals surface area (Å²) in [6, 6.07) is 9.33. The number of hydrogen-bond acceptors (Lipinski definition) is 4. The lowest BCUT2D eigenvalue weighted by atomic mass is 10.1. The highest BCUT2D eigenvalue weighted by molar-refractivity contribution is 5.97. The zero-order valence-corrected chi connectivity index (χ0v) is 12.6. The van der Waals surface area contributed by atoms with E-state index in [1.165, 1.54) is 0 Å². The maximum atomic E-state index is 11.7. The number of nitrogens with two attached hydrogens (primary N) is 1. The number of aromatic nitrogens is 1. The first-order valence-corrected chi connectivity index (χ1v) is 7.28. The number of anilines is 1. The van der Waals surface area contributed by atoms with E-state index in [1.54, 1.807) is 6.07 Å². The second kappa shape index (κ2) is 5.42. The number of aryl methyl sites for hydroxylation is 2. The van der Waals surface area contributed by atoms with E-state index in [0.29, 0.717) is 17.8 Å². The number of aliphatic hydroxyl groups is 1. The molecule has 2 atom stereocenters.